The Kier molecular flexibility index (Phi) is 6.31. The van der Waals surface area contributed by atoms with Crippen LogP contribution in [0.15, 0.2) is 51.8 Å². The molecule has 0 bridgehead atoms. The van der Waals surface area contributed by atoms with Gasteiger partial charge in [0.1, 0.15) is 4.90 Å². The Labute approximate surface area is 167 Å². The summed E-state index contributed by atoms with van der Waals surface area (Å²) >= 11 is 3.38. The Morgan fingerprint density at radius 2 is 1.93 bits per heavy atom. The van der Waals surface area contributed by atoms with Crippen LogP contribution in [0.1, 0.15) is 11.1 Å². The average Bonchev–Trinajstić information content (AvgIpc) is 2.64. The molecule has 0 radical (unpaired) electrons. The van der Waals surface area contributed by atoms with Gasteiger partial charge in [-0.05, 0) is 42.3 Å². The minimum absolute atomic E-state index is 0.118. The summed E-state index contributed by atoms with van der Waals surface area (Å²) in [5.41, 5.74) is 1.95. The van der Waals surface area contributed by atoms with E-state index < -0.39 is 10.0 Å². The summed E-state index contributed by atoms with van der Waals surface area (Å²) in [6, 6.07) is 12.5. The van der Waals surface area contributed by atoms with Crippen LogP contribution in [-0.4, -0.2) is 44.9 Å². The van der Waals surface area contributed by atoms with E-state index in [-0.39, 0.29) is 17.2 Å². The molecule has 0 aliphatic carbocycles. The first-order chi connectivity index (χ1) is 12.9. The second-order valence-corrected chi connectivity index (χ2v) is 9.19. The summed E-state index contributed by atoms with van der Waals surface area (Å²) in [7, 11) is -3.71. The zero-order chi connectivity index (χ0) is 19.4. The van der Waals surface area contributed by atoms with Crippen LogP contribution < -0.4 is 5.32 Å². The SMILES string of the molecule is Cc1ccc(NC(=O)Cc2cccc(Br)c2)c(S(=O)(=O)N2CCOCC2)c1. The number of morpholine rings is 1. The zero-order valence-corrected chi connectivity index (χ0v) is 17.3. The highest BCUT2D eigenvalue weighted by atomic mass is 79.9. The van der Waals surface area contributed by atoms with Crippen LogP contribution in [-0.2, 0) is 26.0 Å². The molecule has 0 atom stereocenters. The molecule has 27 heavy (non-hydrogen) atoms. The average molecular weight is 453 g/mol. The molecule has 2 aromatic rings. The van der Waals surface area contributed by atoms with Gasteiger partial charge in [-0.15, -0.1) is 0 Å². The van der Waals surface area contributed by atoms with E-state index in [1.807, 2.05) is 31.2 Å². The zero-order valence-electron chi connectivity index (χ0n) is 14.9. The highest BCUT2D eigenvalue weighted by molar-refractivity contribution is 9.10. The lowest BCUT2D eigenvalue weighted by Gasteiger charge is -2.27. The quantitative estimate of drug-likeness (QED) is 0.756. The second kappa shape index (κ2) is 8.52. The molecular formula is C19H21BrN2O4S. The molecule has 6 nitrogen and oxygen atoms in total. The van der Waals surface area contributed by atoms with Gasteiger partial charge in [-0.3, -0.25) is 4.79 Å². The molecule has 144 valence electrons. The fourth-order valence-electron chi connectivity index (χ4n) is 2.90. The summed E-state index contributed by atoms with van der Waals surface area (Å²) in [4.78, 5) is 12.6. The number of amides is 1. The minimum atomic E-state index is -3.71. The number of halogens is 1. The van der Waals surface area contributed by atoms with Crippen LogP contribution in [0.4, 0.5) is 5.69 Å². The van der Waals surface area contributed by atoms with E-state index in [1.54, 1.807) is 18.2 Å². The normalized spacial score (nSPS) is 15.5. The monoisotopic (exact) mass is 452 g/mol. The number of carbonyl (C=O) groups is 1. The molecule has 0 spiro atoms. The van der Waals surface area contributed by atoms with E-state index in [4.69, 9.17) is 4.74 Å². The smallest absolute Gasteiger partial charge is 0.245 e. The number of hydrogen-bond acceptors (Lipinski definition) is 4. The van der Waals surface area contributed by atoms with Crippen LogP contribution in [0.5, 0.6) is 0 Å². The summed E-state index contributed by atoms with van der Waals surface area (Å²) in [6.07, 6.45) is 0.157. The summed E-state index contributed by atoms with van der Waals surface area (Å²) in [5.74, 6) is -0.268. The van der Waals surface area contributed by atoms with E-state index >= 15 is 0 Å². The number of rotatable bonds is 5. The number of carbonyl (C=O) groups excluding carboxylic acids is 1. The van der Waals surface area contributed by atoms with Gasteiger partial charge in [0.15, 0.2) is 0 Å². The lowest BCUT2D eigenvalue weighted by molar-refractivity contribution is -0.115. The molecule has 1 amide bonds. The number of anilines is 1. The molecule has 3 rings (SSSR count). The van der Waals surface area contributed by atoms with Crippen molar-refractivity contribution >= 4 is 37.5 Å². The van der Waals surface area contributed by atoms with Crippen LogP contribution in [0, 0.1) is 6.92 Å². The number of benzene rings is 2. The third-order valence-corrected chi connectivity index (χ3v) is 6.68. The molecule has 0 aromatic heterocycles. The van der Waals surface area contributed by atoms with Crippen molar-refractivity contribution in [1.29, 1.82) is 0 Å². The number of nitrogens with one attached hydrogen (secondary N) is 1. The van der Waals surface area contributed by atoms with E-state index in [0.717, 1.165) is 15.6 Å². The van der Waals surface area contributed by atoms with Crippen molar-refractivity contribution < 1.29 is 17.9 Å². The van der Waals surface area contributed by atoms with Gasteiger partial charge in [-0.1, -0.05) is 34.1 Å². The van der Waals surface area contributed by atoms with Gasteiger partial charge in [0.05, 0.1) is 25.3 Å². The predicted molar refractivity (Wildman–Crippen MR) is 107 cm³/mol. The van der Waals surface area contributed by atoms with Crippen LogP contribution in [0.2, 0.25) is 0 Å². The predicted octanol–water partition coefficient (Wildman–Crippen LogP) is 2.96. The van der Waals surface area contributed by atoms with Gasteiger partial charge < -0.3 is 10.1 Å². The third kappa shape index (κ3) is 4.95. The Balaban J connectivity index is 1.84. The maximum absolute atomic E-state index is 13.1. The molecule has 1 aliphatic heterocycles. The summed E-state index contributed by atoms with van der Waals surface area (Å²) in [5, 5.41) is 2.76. The summed E-state index contributed by atoms with van der Waals surface area (Å²) in [6.45, 7) is 3.18. The Morgan fingerprint density at radius 1 is 1.19 bits per heavy atom. The molecule has 0 unspecified atom stereocenters. The van der Waals surface area contributed by atoms with Crippen LogP contribution in [0.25, 0.3) is 0 Å². The van der Waals surface area contributed by atoms with Crippen molar-refractivity contribution in [2.75, 3.05) is 31.6 Å². The third-order valence-electron chi connectivity index (χ3n) is 4.25. The second-order valence-electron chi connectivity index (χ2n) is 6.37. The molecule has 1 fully saturated rings. The first-order valence-electron chi connectivity index (χ1n) is 8.59. The molecule has 1 aliphatic rings. The van der Waals surface area contributed by atoms with Crippen molar-refractivity contribution in [3.05, 3.63) is 58.1 Å². The number of ether oxygens (including phenoxy) is 1. The maximum Gasteiger partial charge on any atom is 0.245 e. The van der Waals surface area contributed by atoms with Gasteiger partial charge in [0, 0.05) is 17.6 Å². The minimum Gasteiger partial charge on any atom is -0.379 e. The largest absolute Gasteiger partial charge is 0.379 e. The molecule has 8 heteroatoms. The van der Waals surface area contributed by atoms with Crippen LogP contribution >= 0.6 is 15.9 Å². The topological polar surface area (TPSA) is 75.7 Å². The number of aryl methyl sites for hydroxylation is 1. The van der Waals surface area contributed by atoms with E-state index in [0.29, 0.717) is 32.0 Å². The molecule has 1 heterocycles. The van der Waals surface area contributed by atoms with Crippen molar-refractivity contribution in [2.45, 2.75) is 18.2 Å². The van der Waals surface area contributed by atoms with Gasteiger partial charge in [0.25, 0.3) is 0 Å². The fourth-order valence-corrected chi connectivity index (χ4v) is 4.99. The van der Waals surface area contributed by atoms with E-state index in [9.17, 15) is 13.2 Å². The van der Waals surface area contributed by atoms with Crippen LogP contribution in [0.3, 0.4) is 0 Å². The van der Waals surface area contributed by atoms with Crippen molar-refractivity contribution in [3.63, 3.8) is 0 Å². The van der Waals surface area contributed by atoms with Gasteiger partial charge in [-0.25, -0.2) is 8.42 Å². The molecule has 0 saturated carbocycles. The van der Waals surface area contributed by atoms with Crippen molar-refractivity contribution in [2.24, 2.45) is 0 Å². The van der Waals surface area contributed by atoms with Gasteiger partial charge >= 0.3 is 0 Å². The van der Waals surface area contributed by atoms with E-state index in [1.165, 1.54) is 4.31 Å². The highest BCUT2D eigenvalue weighted by Gasteiger charge is 2.29. The van der Waals surface area contributed by atoms with Crippen molar-refractivity contribution in [3.8, 4) is 0 Å². The fraction of sp³-hybridized carbons (Fsp3) is 0.316. The Morgan fingerprint density at radius 3 is 2.63 bits per heavy atom. The first-order valence-corrected chi connectivity index (χ1v) is 10.8. The number of sulfonamides is 1. The first kappa shape index (κ1) is 20.0. The van der Waals surface area contributed by atoms with Gasteiger partial charge in [0.2, 0.25) is 15.9 Å². The molecule has 1 N–H and O–H groups in total. The van der Waals surface area contributed by atoms with Gasteiger partial charge in [-0.2, -0.15) is 4.31 Å². The van der Waals surface area contributed by atoms with E-state index in [2.05, 4.69) is 21.2 Å². The molecule has 2 aromatic carbocycles. The molecular weight excluding hydrogens is 432 g/mol. The summed E-state index contributed by atoms with van der Waals surface area (Å²) < 4.78 is 33.6. The lowest BCUT2D eigenvalue weighted by Crippen LogP contribution is -2.41. The Hall–Kier alpha value is -1.74. The highest BCUT2D eigenvalue weighted by Crippen LogP contribution is 2.27. The lowest BCUT2D eigenvalue weighted by atomic mass is 10.1. The number of hydrogen-bond donors (Lipinski definition) is 1. The Bertz CT molecular complexity index is 940. The maximum atomic E-state index is 13.1. The standard InChI is InChI=1S/C19H21BrN2O4S/c1-14-5-6-17(21-19(23)13-15-3-2-4-16(20)12-15)18(11-14)27(24,25)22-7-9-26-10-8-22/h2-6,11-12H,7-10,13H2,1H3,(H,21,23). The van der Waals surface area contributed by atoms with Crippen molar-refractivity contribution in [1.82, 2.24) is 4.31 Å². The number of nitrogens with zero attached hydrogens (tertiary/aromatic N) is 1. The molecule has 1 saturated heterocycles.